The molecule has 2 aromatic carbocycles. The van der Waals surface area contributed by atoms with Crippen molar-refractivity contribution in [2.75, 3.05) is 31.5 Å². The quantitative estimate of drug-likeness (QED) is 0.260. The first-order chi connectivity index (χ1) is 19.7. The van der Waals surface area contributed by atoms with Crippen LogP contribution in [0.15, 0.2) is 53.5 Å². The molecule has 10 heteroatoms. The molecule has 2 amide bonds. The lowest BCUT2D eigenvalue weighted by Gasteiger charge is -2.28. The second-order valence-corrected chi connectivity index (χ2v) is 11.6. The van der Waals surface area contributed by atoms with Gasteiger partial charge >= 0.3 is 0 Å². The smallest absolute Gasteiger partial charge is 0.261 e. The SMILES string of the molecule is CC(C)(Cc1ccc(F)cc1)Nc1cc[nH]c(=O)c1-c1nc2cc3c(cc2[nH]1)C(=O)N(CCCN1CCCC1)C3=O. The highest BCUT2D eigenvalue weighted by molar-refractivity contribution is 6.22. The summed E-state index contributed by atoms with van der Waals surface area (Å²) in [7, 11) is 0. The van der Waals surface area contributed by atoms with Crippen molar-refractivity contribution < 1.29 is 14.0 Å². The number of nitrogens with zero attached hydrogens (tertiary/aromatic N) is 3. The molecule has 0 radical (unpaired) electrons. The van der Waals surface area contributed by atoms with Crippen molar-refractivity contribution in [2.24, 2.45) is 0 Å². The molecule has 0 spiro atoms. The molecule has 9 nitrogen and oxygen atoms in total. The predicted molar refractivity (Wildman–Crippen MR) is 156 cm³/mol. The normalized spacial score (nSPS) is 15.7. The molecule has 6 rings (SSSR count). The number of hydrogen-bond acceptors (Lipinski definition) is 6. The average Bonchev–Trinajstić information content (AvgIpc) is 3.64. The van der Waals surface area contributed by atoms with E-state index in [0.717, 1.165) is 31.6 Å². The predicted octanol–water partition coefficient (Wildman–Crippen LogP) is 4.57. The molecule has 2 aliphatic rings. The summed E-state index contributed by atoms with van der Waals surface area (Å²) in [6, 6.07) is 11.4. The van der Waals surface area contributed by atoms with E-state index in [1.54, 1.807) is 36.5 Å². The first-order valence-corrected chi connectivity index (χ1v) is 14.1. The maximum atomic E-state index is 13.4. The number of fused-ring (bicyclic) bond motifs is 2. The van der Waals surface area contributed by atoms with E-state index in [9.17, 15) is 18.8 Å². The molecule has 2 aliphatic heterocycles. The van der Waals surface area contributed by atoms with Crippen molar-refractivity contribution >= 4 is 28.5 Å². The molecule has 0 saturated carbocycles. The zero-order valence-corrected chi connectivity index (χ0v) is 23.2. The Morgan fingerprint density at radius 1 is 0.976 bits per heavy atom. The summed E-state index contributed by atoms with van der Waals surface area (Å²) in [6.45, 7) is 7.42. The second-order valence-electron chi connectivity index (χ2n) is 11.6. The number of halogens is 1. The summed E-state index contributed by atoms with van der Waals surface area (Å²) in [5.41, 5.74) is 2.77. The summed E-state index contributed by atoms with van der Waals surface area (Å²) in [4.78, 5) is 53.6. The van der Waals surface area contributed by atoms with Gasteiger partial charge in [0.15, 0.2) is 0 Å². The number of anilines is 1. The largest absolute Gasteiger partial charge is 0.379 e. The Morgan fingerprint density at radius 3 is 2.41 bits per heavy atom. The number of imide groups is 1. The van der Waals surface area contributed by atoms with E-state index in [2.05, 4.69) is 25.2 Å². The number of carbonyl (C=O) groups excluding carboxylic acids is 2. The van der Waals surface area contributed by atoms with E-state index in [4.69, 9.17) is 0 Å². The number of imidazole rings is 1. The third kappa shape index (κ3) is 5.39. The van der Waals surface area contributed by atoms with Gasteiger partial charge in [0.05, 0.1) is 27.8 Å². The molecule has 1 fully saturated rings. The van der Waals surface area contributed by atoms with Gasteiger partial charge in [0.1, 0.15) is 17.2 Å². The number of nitrogens with one attached hydrogen (secondary N) is 3. The Kier molecular flexibility index (Phi) is 6.94. The van der Waals surface area contributed by atoms with Gasteiger partial charge in [0, 0.05) is 18.3 Å². The van der Waals surface area contributed by atoms with Gasteiger partial charge in [-0.25, -0.2) is 9.37 Å². The highest BCUT2D eigenvalue weighted by atomic mass is 19.1. The lowest BCUT2D eigenvalue weighted by Crippen LogP contribution is -2.34. The molecule has 0 bridgehead atoms. The van der Waals surface area contributed by atoms with Crippen LogP contribution in [0, 0.1) is 5.82 Å². The average molecular weight is 557 g/mol. The first-order valence-electron chi connectivity index (χ1n) is 14.1. The Hall–Kier alpha value is -4.31. The molecule has 0 atom stereocenters. The Morgan fingerprint density at radius 2 is 1.68 bits per heavy atom. The summed E-state index contributed by atoms with van der Waals surface area (Å²) in [5, 5.41) is 3.45. The fourth-order valence-corrected chi connectivity index (χ4v) is 5.91. The van der Waals surface area contributed by atoms with Gasteiger partial charge in [-0.15, -0.1) is 0 Å². The Balaban J connectivity index is 1.25. The van der Waals surface area contributed by atoms with Crippen molar-refractivity contribution in [3.8, 4) is 11.4 Å². The van der Waals surface area contributed by atoms with Crippen LogP contribution in [0.25, 0.3) is 22.4 Å². The third-order valence-electron chi connectivity index (χ3n) is 7.86. The monoisotopic (exact) mass is 556 g/mol. The number of pyridine rings is 1. The van der Waals surface area contributed by atoms with Gasteiger partial charge in [-0.05, 0) is 95.1 Å². The number of likely N-dealkylation sites (tertiary alicyclic amines) is 1. The minimum atomic E-state index is -0.482. The van der Waals surface area contributed by atoms with Gasteiger partial charge in [0.2, 0.25) is 0 Å². The fraction of sp³-hybridized carbons (Fsp3) is 0.355. The first kappa shape index (κ1) is 26.9. The van der Waals surface area contributed by atoms with Crippen LogP contribution in [0.3, 0.4) is 0 Å². The standard InChI is InChI=1S/C31H33FN6O3/c1-31(2,18-19-6-8-20(32)9-7-19)36-23-10-11-33-28(39)26(23)27-34-24-16-21-22(17-25(24)35-27)30(41)38(29(21)40)15-5-14-37-12-3-4-13-37/h6-11,16-17H,3-5,12-15,18H2,1-2H3,(H,34,35)(H2,33,36,39). The zero-order chi connectivity index (χ0) is 28.7. The van der Waals surface area contributed by atoms with Crippen LogP contribution in [-0.4, -0.2) is 68.3 Å². The molecule has 212 valence electrons. The number of benzene rings is 2. The van der Waals surface area contributed by atoms with Gasteiger partial charge in [-0.1, -0.05) is 12.1 Å². The van der Waals surface area contributed by atoms with Crippen LogP contribution in [0.5, 0.6) is 0 Å². The van der Waals surface area contributed by atoms with Gasteiger partial charge in [-0.3, -0.25) is 19.3 Å². The number of carbonyl (C=O) groups is 2. The van der Waals surface area contributed by atoms with Crippen molar-refractivity contribution in [1.29, 1.82) is 0 Å². The van der Waals surface area contributed by atoms with Crippen LogP contribution in [-0.2, 0) is 6.42 Å². The lowest BCUT2D eigenvalue weighted by molar-refractivity contribution is 0.0648. The fourth-order valence-electron chi connectivity index (χ4n) is 5.91. The molecular formula is C31H33FN6O3. The number of aromatic nitrogens is 3. The molecular weight excluding hydrogens is 523 g/mol. The molecule has 3 N–H and O–H groups in total. The Labute approximate surface area is 236 Å². The Bertz CT molecular complexity index is 1630. The highest BCUT2D eigenvalue weighted by Crippen LogP contribution is 2.31. The molecule has 41 heavy (non-hydrogen) atoms. The summed E-state index contributed by atoms with van der Waals surface area (Å²) in [5.74, 6) is -0.568. The maximum Gasteiger partial charge on any atom is 0.261 e. The molecule has 1 saturated heterocycles. The van der Waals surface area contributed by atoms with E-state index in [1.807, 2.05) is 13.8 Å². The molecule has 0 aliphatic carbocycles. The van der Waals surface area contributed by atoms with Crippen LogP contribution < -0.4 is 10.9 Å². The van der Waals surface area contributed by atoms with E-state index in [0.29, 0.717) is 52.2 Å². The van der Waals surface area contributed by atoms with Crippen LogP contribution >= 0.6 is 0 Å². The summed E-state index contributed by atoms with van der Waals surface area (Å²) < 4.78 is 13.4. The van der Waals surface area contributed by atoms with Gasteiger partial charge in [0.25, 0.3) is 17.4 Å². The summed E-state index contributed by atoms with van der Waals surface area (Å²) >= 11 is 0. The third-order valence-corrected chi connectivity index (χ3v) is 7.86. The molecule has 0 unspecified atom stereocenters. The molecule has 4 heterocycles. The summed E-state index contributed by atoms with van der Waals surface area (Å²) in [6.07, 6.45) is 5.30. The minimum Gasteiger partial charge on any atom is -0.379 e. The van der Waals surface area contributed by atoms with Crippen molar-refractivity contribution in [2.45, 2.75) is 45.1 Å². The van der Waals surface area contributed by atoms with Crippen molar-refractivity contribution in [3.05, 3.63) is 81.5 Å². The van der Waals surface area contributed by atoms with Crippen molar-refractivity contribution in [3.63, 3.8) is 0 Å². The number of H-pyrrole nitrogens is 2. The number of amides is 2. The minimum absolute atomic E-state index is 0.291. The van der Waals surface area contributed by atoms with E-state index in [1.165, 1.54) is 29.9 Å². The van der Waals surface area contributed by atoms with Crippen molar-refractivity contribution in [1.82, 2.24) is 24.8 Å². The number of rotatable bonds is 9. The van der Waals surface area contributed by atoms with Gasteiger partial charge in [-0.2, -0.15) is 0 Å². The lowest BCUT2D eigenvalue weighted by atomic mass is 9.94. The van der Waals surface area contributed by atoms with Crippen LogP contribution in [0.2, 0.25) is 0 Å². The zero-order valence-electron chi connectivity index (χ0n) is 23.2. The van der Waals surface area contributed by atoms with E-state index < -0.39 is 5.54 Å². The number of aromatic amines is 2. The van der Waals surface area contributed by atoms with Gasteiger partial charge < -0.3 is 20.2 Å². The highest BCUT2D eigenvalue weighted by Gasteiger charge is 2.36. The van der Waals surface area contributed by atoms with E-state index >= 15 is 0 Å². The molecule has 2 aromatic heterocycles. The topological polar surface area (TPSA) is 114 Å². The second kappa shape index (κ2) is 10.6. The van der Waals surface area contributed by atoms with Crippen LogP contribution in [0.4, 0.5) is 10.1 Å². The van der Waals surface area contributed by atoms with Crippen LogP contribution in [0.1, 0.15) is 59.4 Å². The van der Waals surface area contributed by atoms with E-state index in [-0.39, 0.29) is 23.2 Å². The molecule has 4 aromatic rings. The maximum absolute atomic E-state index is 13.4. The number of hydrogen-bond donors (Lipinski definition) is 3.